The van der Waals surface area contributed by atoms with Crippen LogP contribution in [0.25, 0.3) is 0 Å². The molecule has 0 amide bonds. The van der Waals surface area contributed by atoms with Crippen LogP contribution in [0.5, 0.6) is 0 Å². The summed E-state index contributed by atoms with van der Waals surface area (Å²) in [5.74, 6) is -0.997. The van der Waals surface area contributed by atoms with Crippen LogP contribution in [0.1, 0.15) is 239 Å². The number of hydrogen-bond acceptors (Lipinski definition) is 6. The first-order valence-electron chi connectivity index (χ1n) is 28.0. The van der Waals surface area contributed by atoms with Gasteiger partial charge >= 0.3 is 17.9 Å². The molecule has 0 spiro atoms. The molecule has 0 aromatic carbocycles. The number of unbranched alkanes of at least 4 members (excludes halogenated alkanes) is 18. The molecule has 0 radical (unpaired) electrons. The Kier molecular flexibility index (Phi) is 53.0. The highest BCUT2D eigenvalue weighted by Gasteiger charge is 2.19. The average Bonchev–Trinajstić information content (AvgIpc) is 3.35. The first kappa shape index (κ1) is 64.8. The molecule has 390 valence electrons. The Hall–Kier alpha value is -4.19. The van der Waals surface area contributed by atoms with Crippen LogP contribution in [0, 0.1) is 0 Å². The first-order valence-corrected chi connectivity index (χ1v) is 28.0. The monoisotopic (exact) mass is 955 g/mol. The van der Waals surface area contributed by atoms with Gasteiger partial charge in [0, 0.05) is 19.3 Å². The topological polar surface area (TPSA) is 78.9 Å². The van der Waals surface area contributed by atoms with E-state index in [1.54, 1.807) is 0 Å². The van der Waals surface area contributed by atoms with E-state index in [9.17, 15) is 14.4 Å². The van der Waals surface area contributed by atoms with E-state index in [1.807, 2.05) is 0 Å². The number of rotatable bonds is 49. The molecule has 0 heterocycles. The molecule has 0 aromatic heterocycles. The van der Waals surface area contributed by atoms with Gasteiger partial charge in [0.2, 0.25) is 0 Å². The summed E-state index contributed by atoms with van der Waals surface area (Å²) in [7, 11) is 0. The van der Waals surface area contributed by atoms with Crippen LogP contribution in [0.4, 0.5) is 0 Å². The molecule has 0 bridgehead atoms. The lowest BCUT2D eigenvalue weighted by atomic mass is 10.1. The van der Waals surface area contributed by atoms with Gasteiger partial charge in [0.15, 0.2) is 6.10 Å². The molecule has 6 heteroatoms. The van der Waals surface area contributed by atoms with Crippen molar-refractivity contribution in [2.45, 2.75) is 245 Å². The van der Waals surface area contributed by atoms with Crippen molar-refractivity contribution in [2.75, 3.05) is 13.2 Å². The van der Waals surface area contributed by atoms with Crippen LogP contribution in [0.15, 0.2) is 122 Å². The number of esters is 3. The fourth-order valence-electron chi connectivity index (χ4n) is 7.23. The molecule has 0 aliphatic carbocycles. The van der Waals surface area contributed by atoms with E-state index in [1.165, 1.54) is 57.8 Å². The second-order valence-corrected chi connectivity index (χ2v) is 18.1. The Bertz CT molecular complexity index is 1470. The predicted octanol–water partition coefficient (Wildman–Crippen LogP) is 18.9. The normalized spacial score (nSPS) is 13.0. The molecule has 0 N–H and O–H groups in total. The van der Waals surface area contributed by atoms with Crippen molar-refractivity contribution in [1.29, 1.82) is 0 Å². The number of allylic oxidation sites excluding steroid dienone is 20. The third-order valence-electron chi connectivity index (χ3n) is 11.4. The molecule has 0 aromatic rings. The lowest BCUT2D eigenvalue weighted by Gasteiger charge is -2.18. The fraction of sp³-hybridized carbons (Fsp3) is 0.635. The van der Waals surface area contributed by atoms with Gasteiger partial charge in [0.1, 0.15) is 13.2 Å². The van der Waals surface area contributed by atoms with Crippen LogP contribution in [-0.2, 0) is 28.6 Å². The fourth-order valence-corrected chi connectivity index (χ4v) is 7.23. The molecule has 0 aliphatic heterocycles. The molecular formula is C63H102O6. The Morgan fingerprint density at radius 2 is 0.609 bits per heavy atom. The van der Waals surface area contributed by atoms with Gasteiger partial charge in [-0.1, -0.05) is 219 Å². The molecule has 1 unspecified atom stereocenters. The number of carbonyl (C=O) groups excluding carboxylic acids is 3. The van der Waals surface area contributed by atoms with Crippen molar-refractivity contribution in [3.8, 4) is 0 Å². The highest BCUT2D eigenvalue weighted by Crippen LogP contribution is 2.13. The van der Waals surface area contributed by atoms with E-state index in [2.05, 4.69) is 142 Å². The quantitative estimate of drug-likeness (QED) is 0.0262. The Balaban J connectivity index is 4.50. The largest absolute Gasteiger partial charge is 0.462 e. The van der Waals surface area contributed by atoms with E-state index in [4.69, 9.17) is 14.2 Å². The Morgan fingerprint density at radius 3 is 1.01 bits per heavy atom. The maximum atomic E-state index is 12.8. The minimum absolute atomic E-state index is 0.110. The van der Waals surface area contributed by atoms with E-state index in [0.29, 0.717) is 19.3 Å². The maximum Gasteiger partial charge on any atom is 0.306 e. The number of carbonyl (C=O) groups is 3. The van der Waals surface area contributed by atoms with Gasteiger partial charge in [-0.2, -0.15) is 0 Å². The molecule has 69 heavy (non-hydrogen) atoms. The van der Waals surface area contributed by atoms with Crippen molar-refractivity contribution in [2.24, 2.45) is 0 Å². The third kappa shape index (κ3) is 54.6. The number of hydrogen-bond donors (Lipinski definition) is 0. The zero-order valence-corrected chi connectivity index (χ0v) is 44.5. The van der Waals surface area contributed by atoms with Gasteiger partial charge in [0.25, 0.3) is 0 Å². The SMILES string of the molecule is CC/C=C\C/C=C\C/C=C\C/C=C\C/C=C\C/C=C\C/C=C\CCCC(=O)OCC(COC(=O)CCCCCCC/C=C\C/C=C\CCC)OC(=O)CCCCCCC/C=C\CCCCCCCC. The van der Waals surface area contributed by atoms with Crippen molar-refractivity contribution >= 4 is 17.9 Å². The second-order valence-electron chi connectivity index (χ2n) is 18.1. The van der Waals surface area contributed by atoms with Gasteiger partial charge in [-0.15, -0.1) is 0 Å². The lowest BCUT2D eigenvalue weighted by Crippen LogP contribution is -2.30. The van der Waals surface area contributed by atoms with Crippen LogP contribution >= 0.6 is 0 Å². The zero-order chi connectivity index (χ0) is 50.0. The van der Waals surface area contributed by atoms with Gasteiger partial charge in [-0.3, -0.25) is 14.4 Å². The molecule has 0 saturated heterocycles. The summed E-state index contributed by atoms with van der Waals surface area (Å²) in [6, 6.07) is 0. The van der Waals surface area contributed by atoms with E-state index < -0.39 is 6.10 Å². The highest BCUT2D eigenvalue weighted by atomic mass is 16.6. The molecule has 0 aliphatic rings. The summed E-state index contributed by atoms with van der Waals surface area (Å²) in [5.41, 5.74) is 0. The molecule has 0 rings (SSSR count). The molecular weight excluding hydrogens is 853 g/mol. The Labute approximate surface area is 424 Å². The van der Waals surface area contributed by atoms with Crippen LogP contribution in [0.3, 0.4) is 0 Å². The summed E-state index contributed by atoms with van der Waals surface area (Å²) >= 11 is 0. The molecule has 1 atom stereocenters. The van der Waals surface area contributed by atoms with Crippen molar-refractivity contribution < 1.29 is 28.6 Å². The van der Waals surface area contributed by atoms with E-state index in [0.717, 1.165) is 135 Å². The summed E-state index contributed by atoms with van der Waals surface area (Å²) in [4.78, 5) is 38.1. The van der Waals surface area contributed by atoms with Crippen LogP contribution < -0.4 is 0 Å². The highest BCUT2D eigenvalue weighted by molar-refractivity contribution is 5.71. The summed E-state index contributed by atoms with van der Waals surface area (Å²) in [6.45, 7) is 6.38. The van der Waals surface area contributed by atoms with Crippen molar-refractivity contribution in [3.63, 3.8) is 0 Å². The minimum Gasteiger partial charge on any atom is -0.462 e. The maximum absolute atomic E-state index is 12.8. The third-order valence-corrected chi connectivity index (χ3v) is 11.4. The summed E-state index contributed by atoms with van der Waals surface area (Å²) < 4.78 is 16.8. The second kappa shape index (κ2) is 56.4. The smallest absolute Gasteiger partial charge is 0.306 e. The summed E-state index contributed by atoms with van der Waals surface area (Å²) in [5, 5.41) is 0. The van der Waals surface area contributed by atoms with Gasteiger partial charge in [0.05, 0.1) is 0 Å². The minimum atomic E-state index is -0.815. The van der Waals surface area contributed by atoms with Gasteiger partial charge in [-0.05, 0) is 122 Å². The van der Waals surface area contributed by atoms with Gasteiger partial charge < -0.3 is 14.2 Å². The molecule has 6 nitrogen and oxygen atoms in total. The van der Waals surface area contributed by atoms with Crippen LogP contribution in [-0.4, -0.2) is 37.2 Å². The lowest BCUT2D eigenvalue weighted by molar-refractivity contribution is -0.167. The van der Waals surface area contributed by atoms with Crippen LogP contribution in [0.2, 0.25) is 0 Å². The van der Waals surface area contributed by atoms with E-state index in [-0.39, 0.29) is 37.5 Å². The standard InChI is InChI=1S/C63H102O6/c1-4-7-10-13-16-19-22-25-27-28-29-30-31-32-33-34-36-38-41-44-47-50-53-56-62(65)68-59-60(58-67-61(64)55-52-49-46-43-40-37-24-21-18-15-12-9-6-3)69-63(66)57-54-51-48-45-42-39-35-26-23-20-17-14-11-8-5-2/h7,10,12,15-16,19,21,24-27,29-30,32-33,35-36,38,44,47,60H,4-6,8-9,11,13-14,17-18,20,22-23,28,31,34,37,39-43,45-46,48-59H2,1-3H3/b10-7-,15-12-,19-16-,24-21-,27-25-,30-29-,33-32-,35-26-,38-36-,47-44-. The first-order chi connectivity index (χ1) is 34.0. The van der Waals surface area contributed by atoms with Crippen molar-refractivity contribution in [3.05, 3.63) is 122 Å². The predicted molar refractivity (Wildman–Crippen MR) is 297 cm³/mol. The molecule has 0 fully saturated rings. The zero-order valence-electron chi connectivity index (χ0n) is 44.5. The van der Waals surface area contributed by atoms with Gasteiger partial charge in [-0.25, -0.2) is 0 Å². The van der Waals surface area contributed by atoms with E-state index >= 15 is 0 Å². The molecule has 0 saturated carbocycles. The average molecular weight is 956 g/mol. The number of ether oxygens (including phenoxy) is 3. The Morgan fingerprint density at radius 1 is 0.304 bits per heavy atom. The summed E-state index contributed by atoms with van der Waals surface area (Å²) in [6.07, 6.45) is 77.6. The van der Waals surface area contributed by atoms with Crippen molar-refractivity contribution in [1.82, 2.24) is 0 Å².